The van der Waals surface area contributed by atoms with E-state index in [0.29, 0.717) is 62.9 Å². The SMILES string of the molecule is O=C(Nc1ccc2nc(N3CCC(N4CCCC4)CC3)ncc2c1)C(Oc1ccc(Cl)cc1)C(Oc1ccc(Cl)cc1)C(=O)Nc1ccc2nc(N3CC4CC3CN4)ncc2c1. The maximum atomic E-state index is 14.5. The van der Waals surface area contributed by atoms with Crippen LogP contribution in [0.1, 0.15) is 32.1 Å². The molecule has 6 heterocycles. The number of hydrogen-bond donors (Lipinski definition) is 3. The van der Waals surface area contributed by atoms with Crippen LogP contribution in [0.2, 0.25) is 10.0 Å². The molecule has 4 aliphatic heterocycles. The lowest BCUT2D eigenvalue weighted by molar-refractivity contribution is -0.136. The molecule has 4 unspecified atom stereocenters. The fraction of sp³-hybridized carbons (Fsp3) is 0.348. The minimum atomic E-state index is -1.50. The second kappa shape index (κ2) is 17.5. The summed E-state index contributed by atoms with van der Waals surface area (Å²) in [4.78, 5) is 55.2. The van der Waals surface area contributed by atoms with Crippen molar-refractivity contribution in [3.8, 4) is 11.5 Å². The molecule has 0 aliphatic carbocycles. The number of piperidine rings is 1. The van der Waals surface area contributed by atoms with E-state index in [2.05, 4.69) is 35.6 Å². The number of carbonyl (C=O) groups excluding carboxylic acids is 2. The summed E-state index contributed by atoms with van der Waals surface area (Å²) in [6.45, 7) is 6.03. The second-order valence-electron chi connectivity index (χ2n) is 16.5. The molecule has 4 aliphatic rings. The number of nitrogens with one attached hydrogen (secondary N) is 3. The number of carbonyl (C=O) groups is 2. The molecule has 0 spiro atoms. The third-order valence-corrected chi connectivity index (χ3v) is 12.8. The lowest BCUT2D eigenvalue weighted by Gasteiger charge is -2.36. The van der Waals surface area contributed by atoms with Crippen LogP contribution in [0.3, 0.4) is 0 Å². The predicted molar refractivity (Wildman–Crippen MR) is 242 cm³/mol. The zero-order chi connectivity index (χ0) is 42.2. The van der Waals surface area contributed by atoms with Gasteiger partial charge in [0.1, 0.15) is 11.5 Å². The van der Waals surface area contributed by atoms with E-state index in [-0.39, 0.29) is 0 Å². The number of hydrogen-bond acceptors (Lipinski definition) is 12. The molecule has 16 heteroatoms. The molecule has 14 nitrogen and oxygen atoms in total. The molecule has 4 saturated heterocycles. The third-order valence-electron chi connectivity index (χ3n) is 12.3. The van der Waals surface area contributed by atoms with Crippen LogP contribution in [-0.2, 0) is 9.59 Å². The minimum absolute atomic E-state index is 0.302. The van der Waals surface area contributed by atoms with E-state index in [1.807, 2.05) is 12.1 Å². The normalized spacial score (nSPS) is 20.1. The number of rotatable bonds is 12. The van der Waals surface area contributed by atoms with Crippen LogP contribution in [-0.4, -0.2) is 106 Å². The number of piperazine rings is 1. The Morgan fingerprint density at radius 3 is 1.73 bits per heavy atom. The summed E-state index contributed by atoms with van der Waals surface area (Å²) in [6.07, 6.45) is 6.42. The van der Waals surface area contributed by atoms with Crippen molar-refractivity contribution in [3.63, 3.8) is 0 Å². The smallest absolute Gasteiger partial charge is 0.269 e. The van der Waals surface area contributed by atoms with Crippen LogP contribution >= 0.6 is 23.2 Å². The number of fused-ring (bicyclic) bond motifs is 4. The molecule has 2 aromatic heterocycles. The molecule has 0 saturated carbocycles. The Morgan fingerprint density at radius 1 is 0.677 bits per heavy atom. The average Bonchev–Trinajstić information content (AvgIpc) is 4.10. The van der Waals surface area contributed by atoms with Crippen LogP contribution in [0.15, 0.2) is 97.3 Å². The maximum Gasteiger partial charge on any atom is 0.269 e. The molecule has 4 aromatic carbocycles. The first-order valence-corrected chi connectivity index (χ1v) is 22.0. The van der Waals surface area contributed by atoms with Gasteiger partial charge in [0.2, 0.25) is 24.1 Å². The average molecular weight is 874 g/mol. The number of nitrogens with zero attached hydrogens (tertiary/aromatic N) is 7. The lowest BCUT2D eigenvalue weighted by Crippen LogP contribution is -2.51. The standard InChI is InChI=1S/C46H46Cl2N10O4/c47-30-3-9-37(10-4-30)61-41(43(59)52-32-7-13-39-28(21-32)24-50-45(54-39)57-19-15-35(16-20-57)56-17-1-2-18-56)42(62-38-11-5-31(48)6-12-38)44(60)53-33-8-14-40-29(22-33)25-51-46(55-40)58-27-34-23-36(58)26-49-34/h3-14,21-22,24-25,34-36,41-42,49H,1-2,15-20,23,26-27H2,(H,52,59)(H,53,60). The summed E-state index contributed by atoms with van der Waals surface area (Å²) in [7, 11) is 0. The van der Waals surface area contributed by atoms with Gasteiger partial charge < -0.3 is 40.1 Å². The highest BCUT2D eigenvalue weighted by Crippen LogP contribution is 2.30. The highest BCUT2D eigenvalue weighted by Gasteiger charge is 2.40. The Balaban J connectivity index is 0.899. The van der Waals surface area contributed by atoms with Gasteiger partial charge in [0.05, 0.1) is 11.0 Å². The van der Waals surface area contributed by atoms with Crippen LogP contribution < -0.4 is 35.2 Å². The Kier molecular flexibility index (Phi) is 11.4. The first-order chi connectivity index (χ1) is 30.3. The molecular formula is C46H46Cl2N10O4. The van der Waals surface area contributed by atoms with E-state index in [1.165, 1.54) is 25.9 Å². The maximum absolute atomic E-state index is 14.5. The Morgan fingerprint density at radius 2 is 1.21 bits per heavy atom. The molecule has 4 fully saturated rings. The summed E-state index contributed by atoms with van der Waals surface area (Å²) >= 11 is 12.4. The molecule has 3 N–H and O–H groups in total. The molecule has 2 amide bonds. The van der Waals surface area contributed by atoms with E-state index in [9.17, 15) is 9.59 Å². The fourth-order valence-electron chi connectivity index (χ4n) is 9.09. The van der Waals surface area contributed by atoms with Gasteiger partial charge in [-0.1, -0.05) is 23.2 Å². The Hall–Kier alpha value is -5.80. The van der Waals surface area contributed by atoms with Crippen molar-refractivity contribution in [2.45, 2.75) is 62.4 Å². The van der Waals surface area contributed by atoms with E-state index < -0.39 is 24.0 Å². The first-order valence-electron chi connectivity index (χ1n) is 21.3. The molecule has 62 heavy (non-hydrogen) atoms. The number of benzene rings is 4. The monoisotopic (exact) mass is 872 g/mol. The Bertz CT molecular complexity index is 2590. The van der Waals surface area contributed by atoms with Crippen molar-refractivity contribution < 1.29 is 19.1 Å². The summed E-state index contributed by atoms with van der Waals surface area (Å²) in [5, 5.41) is 11.9. The molecule has 6 aromatic rings. The van der Waals surface area contributed by atoms with E-state index in [0.717, 1.165) is 67.2 Å². The van der Waals surface area contributed by atoms with Crippen molar-refractivity contribution in [2.24, 2.45) is 0 Å². The number of anilines is 4. The van der Waals surface area contributed by atoms with E-state index in [4.69, 9.17) is 47.6 Å². The van der Waals surface area contributed by atoms with Crippen LogP contribution in [0.25, 0.3) is 21.8 Å². The summed E-state index contributed by atoms with van der Waals surface area (Å²) < 4.78 is 12.7. The van der Waals surface area contributed by atoms with Crippen molar-refractivity contribution in [1.29, 1.82) is 0 Å². The van der Waals surface area contributed by atoms with E-state index >= 15 is 0 Å². The van der Waals surface area contributed by atoms with Crippen LogP contribution in [0.5, 0.6) is 11.5 Å². The third kappa shape index (κ3) is 8.78. The highest BCUT2D eigenvalue weighted by atomic mass is 35.5. The number of likely N-dealkylation sites (tertiary alicyclic amines) is 1. The number of amides is 2. The van der Waals surface area contributed by atoms with Crippen molar-refractivity contribution >= 4 is 80.1 Å². The van der Waals surface area contributed by atoms with Gasteiger partial charge in [-0.05, 0) is 130 Å². The van der Waals surface area contributed by atoms with Gasteiger partial charge >= 0.3 is 0 Å². The molecule has 10 rings (SSSR count). The van der Waals surface area contributed by atoms with Crippen LogP contribution in [0.4, 0.5) is 23.3 Å². The largest absolute Gasteiger partial charge is 0.476 e. The van der Waals surface area contributed by atoms with Gasteiger partial charge in [-0.3, -0.25) is 9.59 Å². The molecule has 4 atom stereocenters. The van der Waals surface area contributed by atoms with Crippen molar-refractivity contribution in [2.75, 3.05) is 59.7 Å². The predicted octanol–water partition coefficient (Wildman–Crippen LogP) is 6.97. The van der Waals surface area contributed by atoms with Gasteiger partial charge in [-0.15, -0.1) is 0 Å². The summed E-state index contributed by atoms with van der Waals surface area (Å²) in [5.74, 6) is 0.745. The van der Waals surface area contributed by atoms with Gasteiger partial charge in [-0.25, -0.2) is 19.9 Å². The van der Waals surface area contributed by atoms with E-state index in [1.54, 1.807) is 85.2 Å². The van der Waals surface area contributed by atoms with Crippen molar-refractivity contribution in [3.05, 3.63) is 107 Å². The molecule has 2 bridgehead atoms. The van der Waals surface area contributed by atoms with Gasteiger partial charge in [0, 0.05) is 88.9 Å². The second-order valence-corrected chi connectivity index (χ2v) is 17.3. The summed E-state index contributed by atoms with van der Waals surface area (Å²) in [6, 6.07) is 25.4. The number of halogens is 2. The van der Waals surface area contributed by atoms with Gasteiger partial charge in [-0.2, -0.15) is 0 Å². The van der Waals surface area contributed by atoms with Gasteiger partial charge in [0.15, 0.2) is 0 Å². The summed E-state index contributed by atoms with van der Waals surface area (Å²) in [5.41, 5.74) is 2.43. The zero-order valence-corrected chi connectivity index (χ0v) is 35.4. The molecule has 318 valence electrons. The van der Waals surface area contributed by atoms with Crippen LogP contribution in [0, 0.1) is 0 Å². The number of ether oxygens (including phenoxy) is 2. The number of aromatic nitrogens is 4. The topological polar surface area (TPSA) is 150 Å². The minimum Gasteiger partial charge on any atom is -0.476 e. The highest BCUT2D eigenvalue weighted by molar-refractivity contribution is 6.30. The van der Waals surface area contributed by atoms with Gasteiger partial charge in [0.25, 0.3) is 11.8 Å². The molecule has 0 radical (unpaired) electrons. The lowest BCUT2D eigenvalue weighted by atomic mass is 10.0. The fourth-order valence-corrected chi connectivity index (χ4v) is 9.34. The zero-order valence-electron chi connectivity index (χ0n) is 33.9. The quantitative estimate of drug-likeness (QED) is 0.117. The molecular weight excluding hydrogens is 827 g/mol. The van der Waals surface area contributed by atoms with Crippen molar-refractivity contribution in [1.82, 2.24) is 30.2 Å². The Labute approximate surface area is 368 Å². The first kappa shape index (κ1) is 40.3.